The molecule has 1 saturated heterocycles. The third kappa shape index (κ3) is 5.61. The molecule has 2 N–H and O–H groups in total. The molecule has 0 aromatic heterocycles. The van der Waals surface area contributed by atoms with Crippen LogP contribution in [0.25, 0.3) is 6.08 Å². The molecule has 0 radical (unpaired) electrons. The van der Waals surface area contributed by atoms with Gasteiger partial charge in [-0.05, 0) is 39.2 Å². The van der Waals surface area contributed by atoms with Crippen LogP contribution in [0.3, 0.4) is 0 Å². The van der Waals surface area contributed by atoms with E-state index in [1.165, 1.54) is 11.1 Å². The molecule has 0 spiro atoms. The summed E-state index contributed by atoms with van der Waals surface area (Å²) in [5.74, 6) is 0.923. The fourth-order valence-electron chi connectivity index (χ4n) is 3.04. The molecule has 0 saturated carbocycles. The number of piperidine rings is 1. The van der Waals surface area contributed by atoms with Crippen LogP contribution < -0.4 is 10.6 Å². The number of benzene rings is 1. The summed E-state index contributed by atoms with van der Waals surface area (Å²) in [7, 11) is 1.67. The van der Waals surface area contributed by atoms with Gasteiger partial charge in [0.15, 0.2) is 5.96 Å². The first-order valence-electron chi connectivity index (χ1n) is 9.46. The van der Waals surface area contributed by atoms with E-state index in [0.717, 1.165) is 38.4 Å². The zero-order valence-corrected chi connectivity index (χ0v) is 16.5. The van der Waals surface area contributed by atoms with E-state index < -0.39 is 5.41 Å². The van der Waals surface area contributed by atoms with Gasteiger partial charge in [-0.25, -0.2) is 0 Å². The summed E-state index contributed by atoms with van der Waals surface area (Å²) >= 11 is 0. The van der Waals surface area contributed by atoms with E-state index in [9.17, 15) is 4.79 Å². The van der Waals surface area contributed by atoms with E-state index in [1.807, 2.05) is 19.9 Å². The molecule has 1 aromatic carbocycles. The number of hydrogen-bond acceptors (Lipinski definition) is 2. The minimum Gasteiger partial charge on any atom is -0.359 e. The zero-order valence-electron chi connectivity index (χ0n) is 16.5. The molecule has 1 heterocycles. The number of guanidine groups is 1. The minimum atomic E-state index is -0.510. The lowest BCUT2D eigenvalue weighted by Crippen LogP contribution is -2.45. The van der Waals surface area contributed by atoms with Crippen LogP contribution in [0.5, 0.6) is 0 Å². The number of hydrogen-bond donors (Lipinski definition) is 2. The van der Waals surface area contributed by atoms with E-state index in [0.29, 0.717) is 6.54 Å². The average Bonchev–Trinajstić information content (AvgIpc) is 2.66. The molecule has 1 amide bonds. The second kappa shape index (κ2) is 9.41. The first-order chi connectivity index (χ1) is 12.5. The molecule has 1 fully saturated rings. The number of amides is 1. The third-order valence-corrected chi connectivity index (χ3v) is 4.68. The van der Waals surface area contributed by atoms with Crippen molar-refractivity contribution in [3.63, 3.8) is 0 Å². The monoisotopic (exact) mass is 356 g/mol. The van der Waals surface area contributed by atoms with Crippen LogP contribution in [0.4, 0.5) is 0 Å². The van der Waals surface area contributed by atoms with Gasteiger partial charge in [-0.2, -0.15) is 0 Å². The quantitative estimate of drug-likeness (QED) is 0.630. The summed E-state index contributed by atoms with van der Waals surface area (Å²) in [6.07, 6.45) is 4.38. The van der Waals surface area contributed by atoms with Crippen LogP contribution in [0.1, 0.15) is 39.2 Å². The van der Waals surface area contributed by atoms with Gasteiger partial charge in [0.05, 0.1) is 12.0 Å². The van der Waals surface area contributed by atoms with Crippen LogP contribution >= 0.6 is 0 Å². The Balaban J connectivity index is 2.00. The number of nitrogens with one attached hydrogen (secondary N) is 2. The highest BCUT2D eigenvalue weighted by Crippen LogP contribution is 2.20. The zero-order chi connectivity index (χ0) is 19.0. The van der Waals surface area contributed by atoms with Crippen LogP contribution in [0, 0.1) is 5.41 Å². The van der Waals surface area contributed by atoms with Crippen molar-refractivity contribution in [3.8, 4) is 0 Å². The summed E-state index contributed by atoms with van der Waals surface area (Å²) in [5, 5.41) is 6.09. The molecule has 0 unspecified atom stereocenters. The standard InChI is InChI=1S/C21H32N4O/c1-5-23-20(24-16-21(2,3)19(26)22-4)25-13-11-18(12-14-25)15-17-9-7-6-8-10-17/h6-10,15H,5,11-14,16H2,1-4H3,(H,22,26)(H,23,24). The van der Waals surface area contributed by atoms with Gasteiger partial charge < -0.3 is 15.5 Å². The van der Waals surface area contributed by atoms with Gasteiger partial charge in [-0.1, -0.05) is 42.0 Å². The molecule has 1 aromatic rings. The van der Waals surface area contributed by atoms with Crippen molar-refractivity contribution < 1.29 is 4.79 Å². The van der Waals surface area contributed by atoms with Crippen molar-refractivity contribution in [2.75, 3.05) is 33.2 Å². The van der Waals surface area contributed by atoms with Gasteiger partial charge >= 0.3 is 0 Å². The van der Waals surface area contributed by atoms with E-state index in [1.54, 1.807) is 7.05 Å². The predicted molar refractivity (Wildman–Crippen MR) is 109 cm³/mol. The molecule has 0 atom stereocenters. The Bertz CT molecular complexity index is 639. The highest BCUT2D eigenvalue weighted by Gasteiger charge is 2.27. The molecular formula is C21H32N4O. The molecule has 1 aliphatic rings. The molecule has 1 aliphatic heterocycles. The highest BCUT2D eigenvalue weighted by molar-refractivity contribution is 5.83. The maximum Gasteiger partial charge on any atom is 0.227 e. The lowest BCUT2D eigenvalue weighted by molar-refractivity contribution is -0.128. The smallest absolute Gasteiger partial charge is 0.227 e. The summed E-state index contributed by atoms with van der Waals surface area (Å²) in [5.41, 5.74) is 2.24. The van der Waals surface area contributed by atoms with Crippen molar-refractivity contribution >= 4 is 17.9 Å². The SMILES string of the molecule is CCNC(=NCC(C)(C)C(=O)NC)N1CCC(=Cc2ccccc2)CC1. The van der Waals surface area contributed by atoms with Crippen molar-refractivity contribution in [1.29, 1.82) is 0 Å². The van der Waals surface area contributed by atoms with Gasteiger partial charge in [0, 0.05) is 26.7 Å². The summed E-state index contributed by atoms with van der Waals surface area (Å²) in [6.45, 7) is 9.12. The maximum absolute atomic E-state index is 12.0. The Labute approximate surface area is 157 Å². The molecular weight excluding hydrogens is 324 g/mol. The maximum atomic E-state index is 12.0. The third-order valence-electron chi connectivity index (χ3n) is 4.68. The summed E-state index contributed by atoms with van der Waals surface area (Å²) in [6, 6.07) is 10.5. The number of rotatable bonds is 5. The first-order valence-corrected chi connectivity index (χ1v) is 9.46. The number of nitrogens with zero attached hydrogens (tertiary/aromatic N) is 2. The average molecular weight is 357 g/mol. The second-order valence-corrected chi connectivity index (χ2v) is 7.33. The highest BCUT2D eigenvalue weighted by atomic mass is 16.2. The summed E-state index contributed by atoms with van der Waals surface area (Å²) < 4.78 is 0. The molecule has 26 heavy (non-hydrogen) atoms. The van der Waals surface area contributed by atoms with Crippen molar-refractivity contribution in [2.24, 2.45) is 10.4 Å². The van der Waals surface area contributed by atoms with Crippen LogP contribution in [-0.2, 0) is 4.79 Å². The van der Waals surface area contributed by atoms with Crippen molar-refractivity contribution in [3.05, 3.63) is 41.5 Å². The Morgan fingerprint density at radius 2 is 1.88 bits per heavy atom. The molecule has 142 valence electrons. The van der Waals surface area contributed by atoms with Gasteiger partial charge in [0.2, 0.25) is 5.91 Å². The fraction of sp³-hybridized carbons (Fsp3) is 0.524. The predicted octanol–water partition coefficient (Wildman–Crippen LogP) is 2.90. The Morgan fingerprint density at radius 1 is 1.23 bits per heavy atom. The second-order valence-electron chi connectivity index (χ2n) is 7.33. The lowest BCUT2D eigenvalue weighted by atomic mass is 9.93. The van der Waals surface area contributed by atoms with Gasteiger partial charge in [0.1, 0.15) is 0 Å². The van der Waals surface area contributed by atoms with Gasteiger partial charge in [-0.3, -0.25) is 9.79 Å². The van der Waals surface area contributed by atoms with Crippen LogP contribution in [0.15, 0.2) is 40.9 Å². The molecule has 0 aliphatic carbocycles. The van der Waals surface area contributed by atoms with Crippen molar-refractivity contribution in [1.82, 2.24) is 15.5 Å². The number of likely N-dealkylation sites (tertiary alicyclic amines) is 1. The number of aliphatic imine (C=N–C) groups is 1. The number of carbonyl (C=O) groups excluding carboxylic acids is 1. The Kier molecular flexibility index (Phi) is 7.25. The molecule has 5 heteroatoms. The lowest BCUT2D eigenvalue weighted by Gasteiger charge is -2.32. The molecule has 5 nitrogen and oxygen atoms in total. The van der Waals surface area contributed by atoms with E-state index in [2.05, 4.69) is 52.8 Å². The van der Waals surface area contributed by atoms with Gasteiger partial charge in [0.25, 0.3) is 0 Å². The van der Waals surface area contributed by atoms with E-state index in [4.69, 9.17) is 4.99 Å². The van der Waals surface area contributed by atoms with E-state index in [-0.39, 0.29) is 5.91 Å². The fourth-order valence-corrected chi connectivity index (χ4v) is 3.04. The minimum absolute atomic E-state index is 0.0174. The summed E-state index contributed by atoms with van der Waals surface area (Å²) in [4.78, 5) is 19.0. The molecule has 2 rings (SSSR count). The Hall–Kier alpha value is -2.30. The van der Waals surface area contributed by atoms with Crippen molar-refractivity contribution in [2.45, 2.75) is 33.6 Å². The topological polar surface area (TPSA) is 56.7 Å². The normalized spacial score (nSPS) is 15.6. The van der Waals surface area contributed by atoms with Crippen LogP contribution in [0.2, 0.25) is 0 Å². The number of carbonyl (C=O) groups is 1. The largest absolute Gasteiger partial charge is 0.359 e. The Morgan fingerprint density at radius 3 is 2.46 bits per heavy atom. The van der Waals surface area contributed by atoms with Gasteiger partial charge in [-0.15, -0.1) is 0 Å². The van der Waals surface area contributed by atoms with E-state index >= 15 is 0 Å². The first kappa shape index (κ1) is 20.0. The molecule has 0 bridgehead atoms. The van der Waals surface area contributed by atoms with Crippen LogP contribution in [-0.4, -0.2) is 50.0 Å².